The molecule has 0 aromatic rings. The van der Waals surface area contributed by atoms with Gasteiger partial charge in [-0.05, 0) is 31.1 Å². The van der Waals surface area contributed by atoms with E-state index >= 15 is 0 Å². The largest absolute Gasteiger partial charge is 0.396 e. The molecule has 2 atom stereocenters. The Hall–Kier alpha value is -0.630. The molecule has 0 spiro atoms. The summed E-state index contributed by atoms with van der Waals surface area (Å²) < 4.78 is 0. The molecule has 154 valence electrons. The quantitative estimate of drug-likeness (QED) is 0.193. The van der Waals surface area contributed by atoms with E-state index in [4.69, 9.17) is 0 Å². The zero-order valence-corrected chi connectivity index (χ0v) is 18.0. The van der Waals surface area contributed by atoms with Gasteiger partial charge in [0.15, 0.2) is 0 Å². The van der Waals surface area contributed by atoms with Crippen LogP contribution in [0.25, 0.3) is 0 Å². The summed E-state index contributed by atoms with van der Waals surface area (Å²) in [6, 6.07) is 0. The number of hydrogen-bond acceptors (Lipinski definition) is 2. The molecule has 0 aromatic heterocycles. The second-order valence-corrected chi connectivity index (χ2v) is 8.05. The first-order valence-corrected chi connectivity index (χ1v) is 11.4. The molecule has 0 aromatic carbocycles. The van der Waals surface area contributed by atoms with Crippen molar-refractivity contribution in [3.05, 3.63) is 12.2 Å². The molecule has 0 radical (unpaired) electrons. The Morgan fingerprint density at radius 2 is 1.54 bits per heavy atom. The number of ketones is 1. The fourth-order valence-electron chi connectivity index (χ4n) is 3.60. The van der Waals surface area contributed by atoms with Gasteiger partial charge < -0.3 is 5.11 Å². The van der Waals surface area contributed by atoms with Crippen LogP contribution in [0.15, 0.2) is 12.2 Å². The van der Waals surface area contributed by atoms with E-state index in [-0.39, 0.29) is 0 Å². The number of carbonyl (C=O) groups excluding carboxylic acids is 1. The number of hydrogen-bond donors (Lipinski definition) is 1. The van der Waals surface area contributed by atoms with Crippen molar-refractivity contribution in [2.75, 3.05) is 6.61 Å². The minimum Gasteiger partial charge on any atom is -0.396 e. The molecule has 0 bridgehead atoms. The van der Waals surface area contributed by atoms with Crippen molar-refractivity contribution in [3.8, 4) is 0 Å². The van der Waals surface area contributed by atoms with Crippen LogP contribution in [0.1, 0.15) is 117 Å². The standard InChI is InChI=1S/C24H46O2/c1-4-6-7-8-9-13-16-19-24(26)20-17-14-11-10-12-15-18-23(5-2)22(3)21-25/h14,17,22-23,25H,4-13,15-16,18-21H2,1-3H3. The molecule has 0 saturated heterocycles. The predicted octanol–water partition coefficient (Wildman–Crippen LogP) is 7.25. The van der Waals surface area contributed by atoms with E-state index in [1.165, 1.54) is 70.6 Å². The monoisotopic (exact) mass is 366 g/mol. The lowest BCUT2D eigenvalue weighted by molar-refractivity contribution is -0.118. The molecule has 1 N–H and O–H groups in total. The summed E-state index contributed by atoms with van der Waals surface area (Å²) in [4.78, 5) is 11.8. The Bertz CT molecular complexity index is 335. The summed E-state index contributed by atoms with van der Waals surface area (Å²) in [7, 11) is 0. The van der Waals surface area contributed by atoms with Crippen LogP contribution in [0.2, 0.25) is 0 Å². The van der Waals surface area contributed by atoms with Crippen LogP contribution < -0.4 is 0 Å². The molecule has 0 aliphatic heterocycles. The van der Waals surface area contributed by atoms with Crippen LogP contribution in [0.5, 0.6) is 0 Å². The summed E-state index contributed by atoms with van der Waals surface area (Å²) in [5.74, 6) is 1.50. The molecule has 0 heterocycles. The van der Waals surface area contributed by atoms with Crippen LogP contribution in [-0.4, -0.2) is 17.5 Å². The lowest BCUT2D eigenvalue weighted by Gasteiger charge is -2.20. The van der Waals surface area contributed by atoms with E-state index in [0.717, 1.165) is 19.3 Å². The zero-order chi connectivity index (χ0) is 19.5. The van der Waals surface area contributed by atoms with Crippen molar-refractivity contribution in [1.82, 2.24) is 0 Å². The molecular formula is C24H46O2. The van der Waals surface area contributed by atoms with Gasteiger partial charge in [0.1, 0.15) is 5.78 Å². The molecule has 0 aliphatic carbocycles. The maximum atomic E-state index is 11.8. The number of aliphatic hydroxyl groups is 1. The molecule has 0 amide bonds. The third-order valence-electron chi connectivity index (χ3n) is 5.63. The molecule has 2 heteroatoms. The summed E-state index contributed by atoms with van der Waals surface area (Å²) >= 11 is 0. The zero-order valence-electron chi connectivity index (χ0n) is 18.0. The van der Waals surface area contributed by atoms with Gasteiger partial charge in [0, 0.05) is 19.4 Å². The molecule has 2 nitrogen and oxygen atoms in total. The minimum atomic E-state index is 0.314. The molecule has 2 unspecified atom stereocenters. The van der Waals surface area contributed by atoms with Gasteiger partial charge in [0.25, 0.3) is 0 Å². The van der Waals surface area contributed by atoms with E-state index in [0.29, 0.717) is 30.6 Å². The Kier molecular flexibility index (Phi) is 18.7. The highest BCUT2D eigenvalue weighted by Gasteiger charge is 2.13. The lowest BCUT2D eigenvalue weighted by Crippen LogP contribution is -2.14. The van der Waals surface area contributed by atoms with E-state index in [9.17, 15) is 9.90 Å². The van der Waals surface area contributed by atoms with E-state index in [1.807, 2.05) is 0 Å². The smallest absolute Gasteiger partial charge is 0.136 e. The van der Waals surface area contributed by atoms with Crippen LogP contribution in [0, 0.1) is 11.8 Å². The first kappa shape index (κ1) is 25.4. The summed E-state index contributed by atoms with van der Waals surface area (Å²) in [5.41, 5.74) is 0. The summed E-state index contributed by atoms with van der Waals surface area (Å²) in [5, 5.41) is 9.26. The number of unbranched alkanes of at least 4 members (excludes halogenated alkanes) is 9. The van der Waals surface area contributed by atoms with Gasteiger partial charge in [-0.1, -0.05) is 97.1 Å². The molecule has 0 saturated carbocycles. The van der Waals surface area contributed by atoms with Crippen LogP contribution in [-0.2, 0) is 4.79 Å². The van der Waals surface area contributed by atoms with Crippen LogP contribution in [0.4, 0.5) is 0 Å². The Balaban J connectivity index is 3.47. The van der Waals surface area contributed by atoms with Gasteiger partial charge in [0.2, 0.25) is 0 Å². The topological polar surface area (TPSA) is 37.3 Å². The first-order valence-electron chi connectivity index (χ1n) is 11.4. The Labute approximate surface area is 163 Å². The summed E-state index contributed by atoms with van der Waals surface area (Å²) in [6.45, 7) is 6.94. The minimum absolute atomic E-state index is 0.314. The number of aliphatic hydroxyl groups excluding tert-OH is 1. The van der Waals surface area contributed by atoms with Crippen molar-refractivity contribution in [3.63, 3.8) is 0 Å². The van der Waals surface area contributed by atoms with Gasteiger partial charge >= 0.3 is 0 Å². The molecule has 0 fully saturated rings. The third-order valence-corrected chi connectivity index (χ3v) is 5.63. The molecular weight excluding hydrogens is 320 g/mol. The third kappa shape index (κ3) is 15.6. The van der Waals surface area contributed by atoms with Crippen molar-refractivity contribution >= 4 is 5.78 Å². The molecule has 0 rings (SSSR count). The average Bonchev–Trinajstić information content (AvgIpc) is 2.65. The highest BCUT2D eigenvalue weighted by molar-refractivity contribution is 5.79. The number of rotatable bonds is 19. The number of allylic oxidation sites excluding steroid dienone is 2. The first-order chi connectivity index (χ1) is 12.7. The second kappa shape index (κ2) is 19.1. The fourth-order valence-corrected chi connectivity index (χ4v) is 3.60. The SMILES string of the molecule is CCCCCCCCCC(=O)CC=CCCCCCC(CC)C(C)CO. The molecule has 26 heavy (non-hydrogen) atoms. The normalized spacial score (nSPS) is 14.0. The van der Waals surface area contributed by atoms with Crippen LogP contribution >= 0.6 is 0 Å². The van der Waals surface area contributed by atoms with E-state index in [1.54, 1.807) is 0 Å². The van der Waals surface area contributed by atoms with E-state index in [2.05, 4.69) is 32.9 Å². The predicted molar refractivity (Wildman–Crippen MR) is 114 cm³/mol. The number of Topliss-reactive ketones (excluding diaryl/α,β-unsaturated/α-hetero) is 1. The lowest BCUT2D eigenvalue weighted by atomic mass is 9.87. The van der Waals surface area contributed by atoms with Crippen molar-refractivity contribution < 1.29 is 9.90 Å². The Morgan fingerprint density at radius 3 is 2.19 bits per heavy atom. The maximum Gasteiger partial charge on any atom is 0.136 e. The van der Waals surface area contributed by atoms with Gasteiger partial charge in [-0.15, -0.1) is 0 Å². The fraction of sp³-hybridized carbons (Fsp3) is 0.875. The van der Waals surface area contributed by atoms with E-state index < -0.39 is 0 Å². The van der Waals surface area contributed by atoms with Crippen molar-refractivity contribution in [1.29, 1.82) is 0 Å². The second-order valence-electron chi connectivity index (χ2n) is 8.05. The van der Waals surface area contributed by atoms with Crippen molar-refractivity contribution in [2.24, 2.45) is 11.8 Å². The summed E-state index contributed by atoms with van der Waals surface area (Å²) in [6.07, 6.45) is 21.8. The number of carbonyl (C=O) groups is 1. The Morgan fingerprint density at radius 1 is 0.885 bits per heavy atom. The van der Waals surface area contributed by atoms with Crippen molar-refractivity contribution in [2.45, 2.75) is 117 Å². The maximum absolute atomic E-state index is 11.8. The van der Waals surface area contributed by atoms with Gasteiger partial charge in [0.05, 0.1) is 0 Å². The highest BCUT2D eigenvalue weighted by atomic mass is 16.3. The highest BCUT2D eigenvalue weighted by Crippen LogP contribution is 2.22. The van der Waals surface area contributed by atoms with Crippen LogP contribution in [0.3, 0.4) is 0 Å². The van der Waals surface area contributed by atoms with Gasteiger partial charge in [-0.3, -0.25) is 4.79 Å². The van der Waals surface area contributed by atoms with Gasteiger partial charge in [-0.25, -0.2) is 0 Å². The average molecular weight is 367 g/mol. The van der Waals surface area contributed by atoms with Gasteiger partial charge in [-0.2, -0.15) is 0 Å². The molecule has 0 aliphatic rings.